The van der Waals surface area contributed by atoms with Crippen LogP contribution in [0.15, 0.2) is 30.4 Å². The molecule has 0 unspecified atom stereocenters. The molecule has 0 aromatic heterocycles. The molecule has 26 heavy (non-hydrogen) atoms. The Bertz CT molecular complexity index is 674. The van der Waals surface area contributed by atoms with Crippen LogP contribution in [0.1, 0.15) is 46.5 Å². The lowest BCUT2D eigenvalue weighted by Gasteiger charge is -2.35. The predicted octanol–water partition coefficient (Wildman–Crippen LogP) is 5.41. The monoisotopic (exact) mass is 372 g/mol. The van der Waals surface area contributed by atoms with Crippen LogP contribution in [0.2, 0.25) is 0 Å². The number of halogens is 3. The molecule has 1 aliphatic carbocycles. The van der Waals surface area contributed by atoms with Crippen LogP contribution in [0, 0.1) is 5.92 Å². The summed E-state index contributed by atoms with van der Waals surface area (Å²) in [7, 11) is 0. The van der Waals surface area contributed by atoms with Gasteiger partial charge in [0.15, 0.2) is 11.5 Å². The molecule has 0 amide bonds. The molecular formula is C19H23F3O4. The lowest BCUT2D eigenvalue weighted by atomic mass is 9.88. The molecule has 1 aliphatic rings. The van der Waals surface area contributed by atoms with Gasteiger partial charge in [0.25, 0.3) is 0 Å². The van der Waals surface area contributed by atoms with Crippen molar-refractivity contribution in [3.05, 3.63) is 30.4 Å². The summed E-state index contributed by atoms with van der Waals surface area (Å²) in [6, 6.07) is 3.57. The average molecular weight is 372 g/mol. The van der Waals surface area contributed by atoms with Gasteiger partial charge in [-0.3, -0.25) is 0 Å². The summed E-state index contributed by atoms with van der Waals surface area (Å²) in [5.74, 6) is -1.05. The summed E-state index contributed by atoms with van der Waals surface area (Å²) in [6.45, 7) is 8.90. The summed E-state index contributed by atoms with van der Waals surface area (Å²) in [5.41, 5.74) is -0.390. The Morgan fingerprint density at radius 2 is 1.81 bits per heavy atom. The van der Waals surface area contributed by atoms with Gasteiger partial charge in [0.05, 0.1) is 0 Å². The molecule has 7 heteroatoms. The molecule has 144 valence electrons. The third-order valence-corrected chi connectivity index (χ3v) is 4.52. The van der Waals surface area contributed by atoms with E-state index in [-0.39, 0.29) is 23.0 Å². The van der Waals surface area contributed by atoms with Crippen molar-refractivity contribution < 1.29 is 32.2 Å². The van der Waals surface area contributed by atoms with Crippen LogP contribution in [-0.2, 0) is 4.79 Å². The minimum absolute atomic E-state index is 0.0689. The maximum atomic E-state index is 12.7. The van der Waals surface area contributed by atoms with Crippen molar-refractivity contribution >= 4 is 5.97 Å². The Kier molecular flexibility index (Phi) is 5.88. The number of carbonyl (C=O) groups excluding carboxylic acids is 1. The highest BCUT2D eigenvalue weighted by molar-refractivity contribution is 5.88. The van der Waals surface area contributed by atoms with Crippen molar-refractivity contribution in [2.45, 2.75) is 58.4 Å². The Morgan fingerprint density at radius 3 is 2.31 bits per heavy atom. The van der Waals surface area contributed by atoms with E-state index in [1.807, 2.05) is 13.8 Å². The highest BCUT2D eigenvalue weighted by atomic mass is 19.4. The first-order chi connectivity index (χ1) is 12.0. The lowest BCUT2D eigenvalue weighted by molar-refractivity contribution is -0.275. The van der Waals surface area contributed by atoms with E-state index in [9.17, 15) is 18.0 Å². The van der Waals surface area contributed by atoms with Crippen molar-refractivity contribution in [3.8, 4) is 17.2 Å². The molecule has 4 nitrogen and oxygen atoms in total. The van der Waals surface area contributed by atoms with Gasteiger partial charge in [-0.05, 0) is 50.7 Å². The third kappa shape index (κ3) is 4.93. The molecule has 0 spiro atoms. The standard InChI is InChI=1S/C19H23F3O4/c1-12(2)17(23)24-14-7-8-15(26-19(20,21)22)16(11-14)25-18(13(3)4)9-5-6-10-18/h7-8,11,13H,1,5-6,9-10H2,2-4H3. The normalized spacial score (nSPS) is 16.4. The van der Waals surface area contributed by atoms with Crippen LogP contribution >= 0.6 is 0 Å². The van der Waals surface area contributed by atoms with Crippen LogP contribution in [-0.4, -0.2) is 17.9 Å². The first-order valence-electron chi connectivity index (χ1n) is 8.49. The Hall–Kier alpha value is -2.18. The highest BCUT2D eigenvalue weighted by Gasteiger charge is 2.41. The number of hydrogen-bond acceptors (Lipinski definition) is 4. The summed E-state index contributed by atoms with van der Waals surface area (Å²) in [5, 5.41) is 0. The zero-order valence-electron chi connectivity index (χ0n) is 15.1. The van der Waals surface area contributed by atoms with Gasteiger partial charge in [0.2, 0.25) is 0 Å². The second-order valence-corrected chi connectivity index (χ2v) is 6.85. The maximum absolute atomic E-state index is 12.7. The fourth-order valence-corrected chi connectivity index (χ4v) is 3.02. The summed E-state index contributed by atoms with van der Waals surface area (Å²) in [6.07, 6.45) is -1.48. The number of rotatable bonds is 6. The minimum Gasteiger partial charge on any atom is -0.483 e. The molecule has 0 radical (unpaired) electrons. The van der Waals surface area contributed by atoms with E-state index in [0.29, 0.717) is 0 Å². The molecule has 0 N–H and O–H groups in total. The zero-order valence-corrected chi connectivity index (χ0v) is 15.1. The number of ether oxygens (including phenoxy) is 3. The SMILES string of the molecule is C=C(C)C(=O)Oc1ccc(OC(F)(F)F)c(OC2(C(C)C)CCCC2)c1. The van der Waals surface area contributed by atoms with Gasteiger partial charge >= 0.3 is 12.3 Å². The largest absolute Gasteiger partial charge is 0.573 e. The molecule has 0 heterocycles. The highest BCUT2D eigenvalue weighted by Crippen LogP contribution is 2.44. The smallest absolute Gasteiger partial charge is 0.483 e. The number of carbonyl (C=O) groups is 1. The summed E-state index contributed by atoms with van der Waals surface area (Å²) >= 11 is 0. The molecular weight excluding hydrogens is 349 g/mol. The predicted molar refractivity (Wildman–Crippen MR) is 90.2 cm³/mol. The van der Waals surface area contributed by atoms with E-state index in [2.05, 4.69) is 11.3 Å². The van der Waals surface area contributed by atoms with Crippen molar-refractivity contribution in [1.82, 2.24) is 0 Å². The first kappa shape index (κ1) is 20.1. The lowest BCUT2D eigenvalue weighted by Crippen LogP contribution is -2.38. The van der Waals surface area contributed by atoms with Gasteiger partial charge in [0, 0.05) is 11.6 Å². The molecule has 1 aromatic carbocycles. The summed E-state index contributed by atoms with van der Waals surface area (Å²) < 4.78 is 53.4. The van der Waals surface area contributed by atoms with Crippen LogP contribution in [0.3, 0.4) is 0 Å². The van der Waals surface area contributed by atoms with Gasteiger partial charge in [0.1, 0.15) is 11.4 Å². The van der Waals surface area contributed by atoms with Crippen molar-refractivity contribution in [1.29, 1.82) is 0 Å². The van der Waals surface area contributed by atoms with E-state index in [1.54, 1.807) is 0 Å². The van der Waals surface area contributed by atoms with Gasteiger partial charge in [-0.25, -0.2) is 4.79 Å². The average Bonchev–Trinajstić information content (AvgIpc) is 2.98. The summed E-state index contributed by atoms with van der Waals surface area (Å²) in [4.78, 5) is 11.7. The van der Waals surface area contributed by atoms with Gasteiger partial charge in [-0.1, -0.05) is 20.4 Å². The van der Waals surface area contributed by atoms with Crippen molar-refractivity contribution in [3.63, 3.8) is 0 Å². The van der Waals surface area contributed by atoms with E-state index in [0.717, 1.165) is 31.7 Å². The Balaban J connectivity index is 2.37. The number of esters is 1. The number of benzene rings is 1. The van der Waals surface area contributed by atoms with Crippen LogP contribution in [0.5, 0.6) is 17.2 Å². The Labute approximate surface area is 150 Å². The van der Waals surface area contributed by atoms with E-state index < -0.39 is 23.7 Å². The third-order valence-electron chi connectivity index (χ3n) is 4.52. The van der Waals surface area contributed by atoms with E-state index >= 15 is 0 Å². The molecule has 2 rings (SSSR count). The molecule has 1 saturated carbocycles. The van der Waals surface area contributed by atoms with Gasteiger partial charge < -0.3 is 14.2 Å². The fraction of sp³-hybridized carbons (Fsp3) is 0.526. The van der Waals surface area contributed by atoms with Gasteiger partial charge in [-0.2, -0.15) is 0 Å². The minimum atomic E-state index is -4.85. The van der Waals surface area contributed by atoms with E-state index in [1.165, 1.54) is 19.1 Å². The first-order valence-corrected chi connectivity index (χ1v) is 8.49. The Morgan fingerprint density at radius 1 is 1.19 bits per heavy atom. The molecule has 0 aliphatic heterocycles. The van der Waals surface area contributed by atoms with Crippen LogP contribution in [0.4, 0.5) is 13.2 Å². The number of alkyl halides is 3. The van der Waals surface area contributed by atoms with Crippen molar-refractivity contribution in [2.24, 2.45) is 5.92 Å². The van der Waals surface area contributed by atoms with Crippen molar-refractivity contribution in [2.75, 3.05) is 0 Å². The molecule has 0 bridgehead atoms. The van der Waals surface area contributed by atoms with Crippen LogP contribution in [0.25, 0.3) is 0 Å². The zero-order chi connectivity index (χ0) is 19.5. The second-order valence-electron chi connectivity index (χ2n) is 6.85. The quantitative estimate of drug-likeness (QED) is 0.380. The fourth-order valence-electron chi connectivity index (χ4n) is 3.02. The molecule has 0 atom stereocenters. The molecule has 0 saturated heterocycles. The topological polar surface area (TPSA) is 44.8 Å². The maximum Gasteiger partial charge on any atom is 0.573 e. The van der Waals surface area contributed by atoms with Crippen LogP contribution < -0.4 is 14.2 Å². The van der Waals surface area contributed by atoms with Gasteiger partial charge in [-0.15, -0.1) is 13.2 Å². The molecule has 1 fully saturated rings. The molecule has 1 aromatic rings. The second kappa shape index (κ2) is 7.60. The number of hydrogen-bond donors (Lipinski definition) is 0. The van der Waals surface area contributed by atoms with E-state index in [4.69, 9.17) is 9.47 Å².